The van der Waals surface area contributed by atoms with E-state index >= 15 is 0 Å². The Morgan fingerprint density at radius 3 is 2.32 bits per heavy atom. The van der Waals surface area contributed by atoms with Gasteiger partial charge in [-0.2, -0.15) is 0 Å². The summed E-state index contributed by atoms with van der Waals surface area (Å²) < 4.78 is 22.2. The first-order valence-corrected chi connectivity index (χ1v) is 8.90. The van der Waals surface area contributed by atoms with Crippen molar-refractivity contribution >= 4 is 9.84 Å². The first-order chi connectivity index (χ1) is 8.88. The van der Waals surface area contributed by atoms with Gasteiger partial charge in [0, 0.05) is 12.3 Å². The Hall–Kier alpha value is -0.870. The van der Waals surface area contributed by atoms with E-state index in [0.717, 1.165) is 13.0 Å². The topological polar surface area (TPSA) is 46.2 Å². The van der Waals surface area contributed by atoms with Crippen LogP contribution in [0, 0.1) is 5.92 Å². The van der Waals surface area contributed by atoms with Gasteiger partial charge in [-0.25, -0.2) is 8.42 Å². The number of hydrogen-bond donors (Lipinski definition) is 1. The van der Waals surface area contributed by atoms with Gasteiger partial charge in [0.15, 0.2) is 0 Å². The highest BCUT2D eigenvalue weighted by molar-refractivity contribution is 7.90. The van der Waals surface area contributed by atoms with Gasteiger partial charge in [0.2, 0.25) is 0 Å². The van der Waals surface area contributed by atoms with Gasteiger partial charge in [-0.05, 0) is 30.9 Å². The van der Waals surface area contributed by atoms with Crippen LogP contribution in [0.2, 0.25) is 0 Å². The van der Waals surface area contributed by atoms with Crippen LogP contribution in [0.3, 0.4) is 0 Å². The fourth-order valence-electron chi connectivity index (χ4n) is 2.10. The second kappa shape index (κ2) is 7.65. The second-order valence-corrected chi connectivity index (χ2v) is 7.79. The van der Waals surface area contributed by atoms with Gasteiger partial charge in [0.1, 0.15) is 9.84 Å². The molecule has 0 aliphatic rings. The fourth-order valence-corrected chi connectivity index (χ4v) is 2.77. The zero-order valence-electron chi connectivity index (χ0n) is 12.1. The van der Waals surface area contributed by atoms with Crippen LogP contribution in [0.5, 0.6) is 0 Å². The second-order valence-electron chi connectivity index (χ2n) is 5.53. The predicted molar refractivity (Wildman–Crippen MR) is 81.0 cm³/mol. The van der Waals surface area contributed by atoms with Gasteiger partial charge < -0.3 is 5.32 Å². The Kier molecular flexibility index (Phi) is 6.52. The van der Waals surface area contributed by atoms with E-state index in [1.165, 1.54) is 11.8 Å². The lowest BCUT2D eigenvalue weighted by molar-refractivity contribution is 0.430. The predicted octanol–water partition coefficient (Wildman–Crippen LogP) is 2.80. The normalized spacial score (nSPS) is 13.7. The summed E-state index contributed by atoms with van der Waals surface area (Å²) in [5.74, 6) is 0.857. The van der Waals surface area contributed by atoms with E-state index in [1.807, 2.05) is 18.2 Å². The largest absolute Gasteiger partial charge is 0.310 e. The Morgan fingerprint density at radius 1 is 1.16 bits per heavy atom. The minimum absolute atomic E-state index is 0.253. The number of nitrogens with one attached hydrogen (secondary N) is 1. The highest BCUT2D eigenvalue weighted by Crippen LogP contribution is 2.20. The highest BCUT2D eigenvalue weighted by atomic mass is 32.2. The molecular weight excluding hydrogens is 258 g/mol. The number of hydrogen-bond acceptors (Lipinski definition) is 3. The average Bonchev–Trinajstić information content (AvgIpc) is 2.32. The van der Waals surface area contributed by atoms with Crippen molar-refractivity contribution in [1.29, 1.82) is 0 Å². The van der Waals surface area contributed by atoms with Crippen LogP contribution in [0.15, 0.2) is 30.3 Å². The maximum absolute atomic E-state index is 11.1. The molecule has 0 heterocycles. The summed E-state index contributed by atoms with van der Waals surface area (Å²) in [6.07, 6.45) is 3.01. The van der Waals surface area contributed by atoms with Crippen LogP contribution in [0.1, 0.15) is 38.3 Å². The summed E-state index contributed by atoms with van der Waals surface area (Å²) in [7, 11) is -2.85. The third-order valence-corrected chi connectivity index (χ3v) is 4.02. The Bertz CT molecular complexity index is 454. The molecule has 1 rings (SSSR count). The summed E-state index contributed by atoms with van der Waals surface area (Å²) >= 11 is 0. The molecule has 1 unspecified atom stereocenters. The summed E-state index contributed by atoms with van der Waals surface area (Å²) in [5.41, 5.74) is 1.27. The van der Waals surface area contributed by atoms with Crippen molar-refractivity contribution in [2.24, 2.45) is 5.92 Å². The molecule has 4 heteroatoms. The highest BCUT2D eigenvalue weighted by Gasteiger charge is 2.12. The van der Waals surface area contributed by atoms with Crippen molar-refractivity contribution in [2.75, 3.05) is 18.6 Å². The molecule has 0 aliphatic heterocycles. The Morgan fingerprint density at radius 2 is 1.79 bits per heavy atom. The van der Waals surface area contributed by atoms with Gasteiger partial charge in [-0.1, -0.05) is 44.2 Å². The minimum Gasteiger partial charge on any atom is -0.310 e. The van der Waals surface area contributed by atoms with Crippen molar-refractivity contribution in [3.8, 4) is 0 Å². The maximum atomic E-state index is 11.1. The smallest absolute Gasteiger partial charge is 0.147 e. The molecule has 0 saturated heterocycles. The zero-order chi connectivity index (χ0) is 14.3. The Balaban J connectivity index is 2.52. The summed E-state index contributed by atoms with van der Waals surface area (Å²) in [4.78, 5) is 0. The monoisotopic (exact) mass is 283 g/mol. The maximum Gasteiger partial charge on any atom is 0.147 e. The Labute approximate surface area is 117 Å². The van der Waals surface area contributed by atoms with Crippen LogP contribution in [0.4, 0.5) is 0 Å². The number of sulfone groups is 1. The van der Waals surface area contributed by atoms with Crippen molar-refractivity contribution < 1.29 is 8.42 Å². The third-order valence-electron chi connectivity index (χ3n) is 2.99. The van der Waals surface area contributed by atoms with E-state index in [-0.39, 0.29) is 5.75 Å². The van der Waals surface area contributed by atoms with Gasteiger partial charge >= 0.3 is 0 Å². The first kappa shape index (κ1) is 16.2. The molecule has 108 valence electrons. The SMILES string of the molecule is CC(C)CC(NCCCS(C)(=O)=O)c1ccccc1. The first-order valence-electron chi connectivity index (χ1n) is 6.84. The lowest BCUT2D eigenvalue weighted by Gasteiger charge is -2.21. The molecule has 0 aliphatic carbocycles. The summed E-state index contributed by atoms with van der Waals surface area (Å²) in [6.45, 7) is 5.14. The van der Waals surface area contributed by atoms with Gasteiger partial charge in [-0.15, -0.1) is 0 Å². The molecule has 0 aromatic heterocycles. The van der Waals surface area contributed by atoms with Crippen LogP contribution in [0.25, 0.3) is 0 Å². The van der Waals surface area contributed by atoms with Gasteiger partial charge in [-0.3, -0.25) is 0 Å². The van der Waals surface area contributed by atoms with Crippen LogP contribution < -0.4 is 5.32 Å². The molecule has 0 radical (unpaired) electrons. The molecule has 1 N–H and O–H groups in total. The van der Waals surface area contributed by atoms with Crippen molar-refractivity contribution in [2.45, 2.75) is 32.7 Å². The molecule has 0 amide bonds. The lowest BCUT2D eigenvalue weighted by Crippen LogP contribution is -2.25. The van der Waals surface area contributed by atoms with Crippen molar-refractivity contribution in [1.82, 2.24) is 5.32 Å². The molecule has 1 atom stereocenters. The van der Waals surface area contributed by atoms with E-state index in [9.17, 15) is 8.42 Å². The molecule has 0 fully saturated rings. The molecule has 19 heavy (non-hydrogen) atoms. The average molecular weight is 283 g/mol. The van der Waals surface area contributed by atoms with Crippen LogP contribution in [-0.4, -0.2) is 27.0 Å². The zero-order valence-corrected chi connectivity index (χ0v) is 12.9. The molecule has 1 aromatic carbocycles. The van der Waals surface area contributed by atoms with E-state index in [4.69, 9.17) is 0 Å². The quantitative estimate of drug-likeness (QED) is 0.746. The standard InChI is InChI=1S/C15H25NO2S/c1-13(2)12-15(14-8-5-4-6-9-14)16-10-7-11-19(3,17)18/h4-6,8-9,13,15-16H,7,10-12H2,1-3H3. The molecule has 3 nitrogen and oxygen atoms in total. The van der Waals surface area contributed by atoms with Crippen molar-refractivity contribution in [3.63, 3.8) is 0 Å². The molecule has 0 spiro atoms. The molecular formula is C15H25NO2S. The van der Waals surface area contributed by atoms with Crippen LogP contribution >= 0.6 is 0 Å². The molecule has 0 bridgehead atoms. The van der Waals surface area contributed by atoms with Crippen molar-refractivity contribution in [3.05, 3.63) is 35.9 Å². The number of benzene rings is 1. The van der Waals surface area contributed by atoms with Crippen LogP contribution in [-0.2, 0) is 9.84 Å². The van der Waals surface area contributed by atoms with Gasteiger partial charge in [0.25, 0.3) is 0 Å². The van der Waals surface area contributed by atoms with E-state index < -0.39 is 9.84 Å². The third kappa shape index (κ3) is 7.33. The number of rotatable bonds is 8. The molecule has 0 saturated carbocycles. The van der Waals surface area contributed by atoms with Gasteiger partial charge in [0.05, 0.1) is 5.75 Å². The molecule has 1 aromatic rings. The lowest BCUT2D eigenvalue weighted by atomic mass is 9.97. The van der Waals surface area contributed by atoms with E-state index in [2.05, 4.69) is 31.3 Å². The van der Waals surface area contributed by atoms with E-state index in [1.54, 1.807) is 0 Å². The summed E-state index contributed by atoms with van der Waals surface area (Å²) in [5, 5.41) is 3.48. The van der Waals surface area contributed by atoms with E-state index in [0.29, 0.717) is 18.4 Å². The minimum atomic E-state index is -2.85. The fraction of sp³-hybridized carbons (Fsp3) is 0.600. The summed E-state index contributed by atoms with van der Waals surface area (Å²) in [6, 6.07) is 10.6.